The van der Waals surface area contributed by atoms with Crippen LogP contribution in [0.5, 0.6) is 0 Å². The maximum atomic E-state index is 6.93. The van der Waals surface area contributed by atoms with Crippen LogP contribution in [0.1, 0.15) is 0 Å². The van der Waals surface area contributed by atoms with Crippen LogP contribution in [0.3, 0.4) is 0 Å². The van der Waals surface area contributed by atoms with Gasteiger partial charge in [0.05, 0.1) is 0 Å². The van der Waals surface area contributed by atoms with Gasteiger partial charge in [-0.15, -0.1) is 0 Å². The molecule has 0 fully saturated rings. The number of aromatic nitrogens is 2. The summed E-state index contributed by atoms with van der Waals surface area (Å²) in [6.07, 6.45) is 11.9. The SMILES string of the molecule is N=C/C=C\C=C\N(c1ccccn1)c1ccccn1. The minimum absolute atomic E-state index is 0.792. The molecule has 2 heterocycles. The molecule has 0 amide bonds. The van der Waals surface area contributed by atoms with Crippen molar-refractivity contribution >= 4 is 17.9 Å². The highest BCUT2D eigenvalue weighted by molar-refractivity contribution is 5.68. The molecule has 0 aliphatic heterocycles. The van der Waals surface area contributed by atoms with Gasteiger partial charge in [-0.2, -0.15) is 0 Å². The maximum absolute atomic E-state index is 6.93. The molecule has 2 aromatic rings. The van der Waals surface area contributed by atoms with Crippen molar-refractivity contribution in [3.05, 3.63) is 73.2 Å². The van der Waals surface area contributed by atoms with E-state index in [9.17, 15) is 0 Å². The molecular formula is C15H14N4. The molecule has 0 saturated carbocycles. The Morgan fingerprint density at radius 1 is 0.842 bits per heavy atom. The van der Waals surface area contributed by atoms with Crippen LogP contribution in [0.4, 0.5) is 11.6 Å². The van der Waals surface area contributed by atoms with Gasteiger partial charge in [0, 0.05) is 24.8 Å². The Balaban J connectivity index is 2.31. The van der Waals surface area contributed by atoms with Gasteiger partial charge >= 0.3 is 0 Å². The largest absolute Gasteiger partial charge is 0.309 e. The van der Waals surface area contributed by atoms with Gasteiger partial charge in [0.1, 0.15) is 11.6 Å². The van der Waals surface area contributed by atoms with Crippen LogP contribution in [0.25, 0.3) is 0 Å². The Kier molecular flexibility index (Phi) is 4.58. The van der Waals surface area contributed by atoms with Gasteiger partial charge in [-0.25, -0.2) is 9.97 Å². The zero-order valence-electron chi connectivity index (χ0n) is 10.3. The van der Waals surface area contributed by atoms with Gasteiger partial charge in [-0.1, -0.05) is 18.2 Å². The van der Waals surface area contributed by atoms with E-state index in [4.69, 9.17) is 5.41 Å². The molecule has 2 rings (SSSR count). The smallest absolute Gasteiger partial charge is 0.138 e. The third kappa shape index (κ3) is 3.61. The predicted octanol–water partition coefficient (Wildman–Crippen LogP) is 3.33. The number of allylic oxidation sites excluding steroid dienone is 3. The molecule has 0 spiro atoms. The zero-order chi connectivity index (χ0) is 13.3. The lowest BCUT2D eigenvalue weighted by molar-refractivity contribution is 1.12. The summed E-state index contributed by atoms with van der Waals surface area (Å²) >= 11 is 0. The number of pyridine rings is 2. The second-order valence-electron chi connectivity index (χ2n) is 3.64. The molecule has 0 bridgehead atoms. The van der Waals surface area contributed by atoms with E-state index in [1.165, 1.54) is 6.21 Å². The fourth-order valence-corrected chi connectivity index (χ4v) is 1.52. The van der Waals surface area contributed by atoms with E-state index in [1.54, 1.807) is 24.5 Å². The minimum Gasteiger partial charge on any atom is -0.309 e. The van der Waals surface area contributed by atoms with Crippen molar-refractivity contribution in [1.82, 2.24) is 9.97 Å². The van der Waals surface area contributed by atoms with Gasteiger partial charge in [0.15, 0.2) is 0 Å². The Morgan fingerprint density at radius 3 is 1.95 bits per heavy atom. The Hall–Kier alpha value is -2.75. The molecule has 0 atom stereocenters. The van der Waals surface area contributed by atoms with E-state index in [2.05, 4.69) is 9.97 Å². The fourth-order valence-electron chi connectivity index (χ4n) is 1.52. The first-order valence-electron chi connectivity index (χ1n) is 5.87. The van der Waals surface area contributed by atoms with Gasteiger partial charge in [-0.05, 0) is 36.4 Å². The summed E-state index contributed by atoms with van der Waals surface area (Å²) in [5.41, 5.74) is 0. The molecule has 0 unspecified atom stereocenters. The summed E-state index contributed by atoms with van der Waals surface area (Å²) in [6, 6.07) is 11.4. The summed E-state index contributed by atoms with van der Waals surface area (Å²) in [6.45, 7) is 0. The average molecular weight is 250 g/mol. The van der Waals surface area contributed by atoms with E-state index >= 15 is 0 Å². The topological polar surface area (TPSA) is 52.9 Å². The lowest BCUT2D eigenvalue weighted by Crippen LogP contribution is -2.11. The quantitative estimate of drug-likeness (QED) is 0.654. The van der Waals surface area contributed by atoms with Gasteiger partial charge < -0.3 is 5.41 Å². The standard InChI is InChI=1S/C15H14N4/c16-10-4-1-7-13-19(14-8-2-5-11-17-14)15-9-3-6-12-18-15/h1-13,16H/b4-1-,13-7+,16-10?. The van der Waals surface area contributed by atoms with Crippen LogP contribution in [0, 0.1) is 5.41 Å². The molecule has 0 saturated heterocycles. The van der Waals surface area contributed by atoms with E-state index in [0.717, 1.165) is 11.6 Å². The van der Waals surface area contributed by atoms with E-state index in [1.807, 2.05) is 53.6 Å². The van der Waals surface area contributed by atoms with E-state index in [-0.39, 0.29) is 0 Å². The van der Waals surface area contributed by atoms with Crippen LogP contribution in [-0.4, -0.2) is 16.2 Å². The van der Waals surface area contributed by atoms with Crippen LogP contribution in [0.15, 0.2) is 73.2 Å². The second-order valence-corrected chi connectivity index (χ2v) is 3.64. The Morgan fingerprint density at radius 2 is 1.47 bits per heavy atom. The Bertz CT molecular complexity index is 522. The summed E-state index contributed by atoms with van der Waals surface area (Å²) in [7, 11) is 0. The molecule has 19 heavy (non-hydrogen) atoms. The first kappa shape index (κ1) is 12.7. The molecule has 4 heteroatoms. The molecule has 0 aliphatic rings. The monoisotopic (exact) mass is 250 g/mol. The van der Waals surface area contributed by atoms with Crippen molar-refractivity contribution < 1.29 is 0 Å². The van der Waals surface area contributed by atoms with Gasteiger partial charge in [-0.3, -0.25) is 4.90 Å². The van der Waals surface area contributed by atoms with Gasteiger partial charge in [0.2, 0.25) is 0 Å². The van der Waals surface area contributed by atoms with Crippen LogP contribution in [0.2, 0.25) is 0 Å². The third-order valence-electron chi connectivity index (χ3n) is 2.35. The Labute approximate surface area is 112 Å². The molecular weight excluding hydrogens is 236 g/mol. The highest BCUT2D eigenvalue weighted by atomic mass is 15.2. The molecule has 4 nitrogen and oxygen atoms in total. The maximum Gasteiger partial charge on any atom is 0.138 e. The van der Waals surface area contributed by atoms with Crippen LogP contribution in [-0.2, 0) is 0 Å². The van der Waals surface area contributed by atoms with Crippen molar-refractivity contribution in [2.75, 3.05) is 4.90 Å². The average Bonchev–Trinajstić information content (AvgIpc) is 2.49. The minimum atomic E-state index is 0.792. The molecule has 1 N–H and O–H groups in total. The van der Waals surface area contributed by atoms with Crippen LogP contribution < -0.4 is 4.90 Å². The fraction of sp³-hybridized carbons (Fsp3) is 0. The number of anilines is 2. The van der Waals surface area contributed by atoms with Crippen LogP contribution >= 0.6 is 0 Å². The zero-order valence-corrected chi connectivity index (χ0v) is 10.3. The van der Waals surface area contributed by atoms with Crippen molar-refractivity contribution in [3.8, 4) is 0 Å². The van der Waals surface area contributed by atoms with Crippen molar-refractivity contribution in [3.63, 3.8) is 0 Å². The van der Waals surface area contributed by atoms with Gasteiger partial charge in [0.25, 0.3) is 0 Å². The third-order valence-corrected chi connectivity index (χ3v) is 2.35. The number of nitrogens with one attached hydrogen (secondary N) is 1. The summed E-state index contributed by atoms with van der Waals surface area (Å²) in [5.74, 6) is 1.58. The number of rotatable bonds is 5. The summed E-state index contributed by atoms with van der Waals surface area (Å²) < 4.78 is 0. The normalized spacial score (nSPS) is 10.9. The highest BCUT2D eigenvalue weighted by Gasteiger charge is 2.06. The molecule has 0 aliphatic carbocycles. The first-order chi connectivity index (χ1) is 9.42. The summed E-state index contributed by atoms with van der Waals surface area (Å²) in [4.78, 5) is 10.5. The number of hydrogen-bond acceptors (Lipinski definition) is 4. The molecule has 94 valence electrons. The molecule has 0 radical (unpaired) electrons. The lowest BCUT2D eigenvalue weighted by atomic mass is 10.3. The first-order valence-corrected chi connectivity index (χ1v) is 5.87. The van der Waals surface area contributed by atoms with Crippen molar-refractivity contribution in [1.29, 1.82) is 5.41 Å². The van der Waals surface area contributed by atoms with E-state index < -0.39 is 0 Å². The van der Waals surface area contributed by atoms with Crippen molar-refractivity contribution in [2.24, 2.45) is 0 Å². The van der Waals surface area contributed by atoms with Crippen molar-refractivity contribution in [2.45, 2.75) is 0 Å². The molecule has 2 aromatic heterocycles. The lowest BCUT2D eigenvalue weighted by Gasteiger charge is -2.17. The summed E-state index contributed by atoms with van der Waals surface area (Å²) in [5, 5.41) is 6.93. The molecule has 0 aromatic carbocycles. The second kappa shape index (κ2) is 6.86. The predicted molar refractivity (Wildman–Crippen MR) is 77.7 cm³/mol. The van der Waals surface area contributed by atoms with E-state index in [0.29, 0.717) is 0 Å². The highest BCUT2D eigenvalue weighted by Crippen LogP contribution is 2.20. The number of nitrogens with zero attached hydrogens (tertiary/aromatic N) is 3. The number of hydrogen-bond donors (Lipinski definition) is 1.